The SMILES string of the molecule is CCCc1ccc(-c2ccc3cc(OCCCCCCN4C(=O)C=CC4=O)ccc3c2)cc1. The third-order valence-electron chi connectivity index (χ3n) is 6.08. The van der Waals surface area contributed by atoms with E-state index in [-0.39, 0.29) is 11.8 Å². The van der Waals surface area contributed by atoms with E-state index in [0.29, 0.717) is 13.2 Å². The van der Waals surface area contributed by atoms with Crippen molar-refractivity contribution in [2.45, 2.75) is 45.4 Å². The maximum Gasteiger partial charge on any atom is 0.253 e. The van der Waals surface area contributed by atoms with E-state index in [1.54, 1.807) is 0 Å². The molecule has 4 heteroatoms. The van der Waals surface area contributed by atoms with Crippen LogP contribution in [0.2, 0.25) is 0 Å². The number of benzene rings is 3. The lowest BCUT2D eigenvalue weighted by Crippen LogP contribution is -2.30. The van der Waals surface area contributed by atoms with E-state index in [4.69, 9.17) is 4.74 Å². The molecule has 1 aliphatic heterocycles. The molecule has 33 heavy (non-hydrogen) atoms. The van der Waals surface area contributed by atoms with Crippen LogP contribution in [0.3, 0.4) is 0 Å². The second-order valence-corrected chi connectivity index (χ2v) is 8.59. The molecule has 3 aromatic rings. The highest BCUT2D eigenvalue weighted by molar-refractivity contribution is 6.12. The summed E-state index contributed by atoms with van der Waals surface area (Å²) in [6.45, 7) is 3.37. The molecule has 0 atom stereocenters. The minimum Gasteiger partial charge on any atom is -0.494 e. The lowest BCUT2D eigenvalue weighted by Gasteiger charge is -2.13. The summed E-state index contributed by atoms with van der Waals surface area (Å²) in [6, 6.07) is 21.7. The van der Waals surface area contributed by atoms with Crippen LogP contribution in [0.15, 0.2) is 72.8 Å². The van der Waals surface area contributed by atoms with Gasteiger partial charge in [-0.05, 0) is 64.9 Å². The number of amides is 2. The Morgan fingerprint density at radius 1 is 0.727 bits per heavy atom. The van der Waals surface area contributed by atoms with Crippen LogP contribution in [-0.4, -0.2) is 29.9 Å². The van der Waals surface area contributed by atoms with Crippen LogP contribution in [0.25, 0.3) is 21.9 Å². The molecule has 0 fully saturated rings. The van der Waals surface area contributed by atoms with Crippen molar-refractivity contribution in [2.24, 2.45) is 0 Å². The molecule has 1 aliphatic rings. The highest BCUT2D eigenvalue weighted by Crippen LogP contribution is 2.27. The summed E-state index contributed by atoms with van der Waals surface area (Å²) in [4.78, 5) is 24.4. The highest BCUT2D eigenvalue weighted by atomic mass is 16.5. The van der Waals surface area contributed by atoms with Gasteiger partial charge in [-0.25, -0.2) is 0 Å². The summed E-state index contributed by atoms with van der Waals surface area (Å²) in [5.74, 6) is 0.492. The van der Waals surface area contributed by atoms with Crippen molar-refractivity contribution in [1.82, 2.24) is 4.90 Å². The Kier molecular flexibility index (Phi) is 7.56. The van der Waals surface area contributed by atoms with Gasteiger partial charge in [0.1, 0.15) is 5.75 Å². The zero-order valence-corrected chi connectivity index (χ0v) is 19.3. The molecular weight excluding hydrogens is 410 g/mol. The smallest absolute Gasteiger partial charge is 0.253 e. The van der Waals surface area contributed by atoms with E-state index in [2.05, 4.69) is 61.5 Å². The number of unbranched alkanes of at least 4 members (excludes halogenated alkanes) is 3. The Labute approximate surface area is 195 Å². The number of imide groups is 1. The first-order chi connectivity index (χ1) is 16.1. The highest BCUT2D eigenvalue weighted by Gasteiger charge is 2.22. The third-order valence-corrected chi connectivity index (χ3v) is 6.08. The Bertz CT molecular complexity index is 1130. The van der Waals surface area contributed by atoms with Crippen molar-refractivity contribution >= 4 is 22.6 Å². The van der Waals surface area contributed by atoms with Crippen molar-refractivity contribution in [3.05, 3.63) is 78.4 Å². The van der Waals surface area contributed by atoms with Crippen LogP contribution in [0, 0.1) is 0 Å². The fourth-order valence-corrected chi connectivity index (χ4v) is 4.21. The number of hydrogen-bond donors (Lipinski definition) is 0. The van der Waals surface area contributed by atoms with Crippen LogP contribution < -0.4 is 4.74 Å². The van der Waals surface area contributed by atoms with Crippen LogP contribution >= 0.6 is 0 Å². The Hall–Kier alpha value is -3.40. The lowest BCUT2D eigenvalue weighted by atomic mass is 9.99. The Balaban J connectivity index is 1.23. The van der Waals surface area contributed by atoms with Gasteiger partial charge < -0.3 is 4.74 Å². The van der Waals surface area contributed by atoms with Gasteiger partial charge in [-0.1, -0.05) is 68.7 Å². The van der Waals surface area contributed by atoms with E-state index < -0.39 is 0 Å². The van der Waals surface area contributed by atoms with Gasteiger partial charge in [-0.3, -0.25) is 14.5 Å². The monoisotopic (exact) mass is 441 g/mol. The van der Waals surface area contributed by atoms with Crippen LogP contribution in [0.5, 0.6) is 5.75 Å². The first-order valence-corrected chi connectivity index (χ1v) is 11.9. The summed E-state index contributed by atoms with van der Waals surface area (Å²) in [5, 5.41) is 2.38. The molecule has 0 aromatic heterocycles. The first-order valence-electron chi connectivity index (χ1n) is 11.9. The van der Waals surface area contributed by atoms with Crippen molar-refractivity contribution in [3.63, 3.8) is 0 Å². The summed E-state index contributed by atoms with van der Waals surface area (Å²) in [7, 11) is 0. The number of nitrogens with zero attached hydrogens (tertiary/aromatic N) is 1. The number of ether oxygens (including phenoxy) is 1. The number of aryl methyl sites for hydroxylation is 1. The molecule has 0 N–H and O–H groups in total. The Morgan fingerprint density at radius 3 is 2.15 bits per heavy atom. The van der Waals surface area contributed by atoms with E-state index >= 15 is 0 Å². The maximum atomic E-state index is 11.5. The average molecular weight is 442 g/mol. The average Bonchev–Trinajstić information content (AvgIpc) is 3.16. The predicted molar refractivity (Wildman–Crippen MR) is 133 cm³/mol. The lowest BCUT2D eigenvalue weighted by molar-refractivity contribution is -0.136. The molecule has 0 saturated heterocycles. The molecule has 2 amide bonds. The molecule has 0 saturated carbocycles. The summed E-state index contributed by atoms with van der Waals surface area (Å²) in [6.07, 6.45) is 8.73. The van der Waals surface area contributed by atoms with Gasteiger partial charge in [-0.2, -0.15) is 0 Å². The maximum absolute atomic E-state index is 11.5. The van der Waals surface area contributed by atoms with Gasteiger partial charge in [0, 0.05) is 18.7 Å². The number of rotatable bonds is 11. The van der Waals surface area contributed by atoms with Crippen LogP contribution in [0.4, 0.5) is 0 Å². The largest absolute Gasteiger partial charge is 0.494 e. The zero-order chi connectivity index (χ0) is 23.0. The first kappa shape index (κ1) is 22.8. The van der Waals surface area contributed by atoms with Gasteiger partial charge in [0.05, 0.1) is 6.61 Å². The van der Waals surface area contributed by atoms with E-state index in [1.807, 2.05) is 6.07 Å². The molecule has 0 radical (unpaired) electrons. The molecule has 0 spiro atoms. The molecule has 0 unspecified atom stereocenters. The van der Waals surface area contributed by atoms with Crippen LogP contribution in [-0.2, 0) is 16.0 Å². The van der Waals surface area contributed by atoms with Crippen molar-refractivity contribution < 1.29 is 14.3 Å². The van der Waals surface area contributed by atoms with Gasteiger partial charge in [0.2, 0.25) is 0 Å². The predicted octanol–water partition coefficient (Wildman–Crippen LogP) is 6.32. The van der Waals surface area contributed by atoms with Gasteiger partial charge in [0.25, 0.3) is 11.8 Å². The molecule has 1 heterocycles. The topological polar surface area (TPSA) is 46.6 Å². The molecule has 4 rings (SSSR count). The van der Waals surface area contributed by atoms with Gasteiger partial charge >= 0.3 is 0 Å². The number of carbonyl (C=O) groups excluding carboxylic acids is 2. The second kappa shape index (κ2) is 11.0. The molecule has 3 aromatic carbocycles. The quantitative estimate of drug-likeness (QED) is 0.258. The third kappa shape index (κ3) is 5.89. The molecule has 0 aliphatic carbocycles. The Morgan fingerprint density at radius 2 is 1.39 bits per heavy atom. The summed E-state index contributed by atoms with van der Waals surface area (Å²) >= 11 is 0. The fraction of sp³-hybridized carbons (Fsp3) is 0.310. The molecule has 4 nitrogen and oxygen atoms in total. The molecule has 170 valence electrons. The van der Waals surface area contributed by atoms with E-state index in [1.165, 1.54) is 50.9 Å². The van der Waals surface area contributed by atoms with Gasteiger partial charge in [-0.15, -0.1) is 0 Å². The number of fused-ring (bicyclic) bond motifs is 1. The number of hydrogen-bond acceptors (Lipinski definition) is 3. The van der Waals surface area contributed by atoms with E-state index in [9.17, 15) is 9.59 Å². The van der Waals surface area contributed by atoms with Crippen molar-refractivity contribution in [1.29, 1.82) is 0 Å². The second-order valence-electron chi connectivity index (χ2n) is 8.59. The number of carbonyl (C=O) groups is 2. The van der Waals surface area contributed by atoms with E-state index in [0.717, 1.165) is 37.9 Å². The van der Waals surface area contributed by atoms with Crippen LogP contribution in [0.1, 0.15) is 44.6 Å². The molecular formula is C29H31NO3. The minimum absolute atomic E-state index is 0.198. The fourth-order valence-electron chi connectivity index (χ4n) is 4.21. The minimum atomic E-state index is -0.198. The van der Waals surface area contributed by atoms with Crippen molar-refractivity contribution in [3.8, 4) is 16.9 Å². The standard InChI is InChI=1S/C29H31NO3/c1-2-7-22-8-10-23(11-9-22)24-12-13-26-21-27(15-14-25(26)20-24)33-19-6-4-3-5-18-30-28(31)16-17-29(30)32/h8-17,20-21H,2-7,18-19H2,1H3. The molecule has 0 bridgehead atoms. The normalized spacial score (nSPS) is 13.3. The summed E-state index contributed by atoms with van der Waals surface area (Å²) in [5.41, 5.74) is 3.86. The summed E-state index contributed by atoms with van der Waals surface area (Å²) < 4.78 is 5.95. The van der Waals surface area contributed by atoms with Gasteiger partial charge in [0.15, 0.2) is 0 Å². The van der Waals surface area contributed by atoms with Crippen molar-refractivity contribution in [2.75, 3.05) is 13.2 Å². The zero-order valence-electron chi connectivity index (χ0n) is 19.3.